The van der Waals surface area contributed by atoms with E-state index in [4.69, 9.17) is 11.6 Å². The van der Waals surface area contributed by atoms with Crippen molar-refractivity contribution in [1.29, 1.82) is 0 Å². The fraction of sp³-hybridized carbons (Fsp3) is 0.500. The summed E-state index contributed by atoms with van der Waals surface area (Å²) in [6, 6.07) is 4.52. The van der Waals surface area contributed by atoms with Crippen LogP contribution in [0.2, 0.25) is 0 Å². The second-order valence-corrected chi connectivity index (χ2v) is 4.70. The lowest BCUT2D eigenvalue weighted by Crippen LogP contribution is -2.31. The Kier molecular flexibility index (Phi) is 3.29. The van der Waals surface area contributed by atoms with Gasteiger partial charge in [-0.15, -0.1) is 11.6 Å². The highest BCUT2D eigenvalue weighted by Gasteiger charge is 2.24. The van der Waals surface area contributed by atoms with Crippen molar-refractivity contribution in [3.63, 3.8) is 0 Å². The van der Waals surface area contributed by atoms with Crippen molar-refractivity contribution in [3.8, 4) is 0 Å². The Morgan fingerprint density at radius 2 is 2.43 bits per heavy atom. The lowest BCUT2D eigenvalue weighted by Gasteiger charge is -2.23. The van der Waals surface area contributed by atoms with Crippen LogP contribution >= 0.6 is 27.5 Å². The van der Waals surface area contributed by atoms with Crippen LogP contribution in [0.1, 0.15) is 12.8 Å². The maximum absolute atomic E-state index is 5.91. The fourth-order valence-electron chi connectivity index (χ4n) is 1.84. The van der Waals surface area contributed by atoms with Gasteiger partial charge in [0.1, 0.15) is 5.82 Å². The summed E-state index contributed by atoms with van der Waals surface area (Å²) in [5.41, 5.74) is 0. The summed E-state index contributed by atoms with van der Waals surface area (Å²) in [7, 11) is 0. The summed E-state index contributed by atoms with van der Waals surface area (Å²) in [5.74, 6) is 1.73. The van der Waals surface area contributed by atoms with Crippen molar-refractivity contribution in [2.75, 3.05) is 17.3 Å². The van der Waals surface area contributed by atoms with Crippen molar-refractivity contribution < 1.29 is 0 Å². The highest BCUT2D eigenvalue weighted by molar-refractivity contribution is 9.10. The van der Waals surface area contributed by atoms with Gasteiger partial charge < -0.3 is 4.90 Å². The summed E-state index contributed by atoms with van der Waals surface area (Å²) >= 11 is 9.28. The Morgan fingerprint density at radius 1 is 1.57 bits per heavy atom. The van der Waals surface area contributed by atoms with Gasteiger partial charge in [-0.3, -0.25) is 0 Å². The standard InChI is InChI=1S/C10H12BrClN2/c11-8-3-4-10(13-7-8)14-5-1-2-9(14)6-12/h3-4,7,9H,1-2,5-6H2. The Morgan fingerprint density at radius 3 is 3.07 bits per heavy atom. The van der Waals surface area contributed by atoms with E-state index in [-0.39, 0.29) is 0 Å². The minimum atomic E-state index is 0.463. The zero-order chi connectivity index (χ0) is 9.97. The molecule has 0 aromatic carbocycles. The van der Waals surface area contributed by atoms with E-state index in [0.717, 1.165) is 16.8 Å². The van der Waals surface area contributed by atoms with Crippen LogP contribution in [0.15, 0.2) is 22.8 Å². The number of hydrogen-bond acceptors (Lipinski definition) is 2. The summed E-state index contributed by atoms with van der Waals surface area (Å²) < 4.78 is 1.02. The van der Waals surface area contributed by atoms with Gasteiger partial charge in [-0.1, -0.05) is 0 Å². The van der Waals surface area contributed by atoms with Gasteiger partial charge >= 0.3 is 0 Å². The molecule has 2 rings (SSSR count). The number of nitrogens with zero attached hydrogens (tertiary/aromatic N) is 2. The molecule has 76 valence electrons. The van der Waals surface area contributed by atoms with Crippen LogP contribution in [0.4, 0.5) is 5.82 Å². The Hall–Kier alpha value is -0.280. The molecule has 1 saturated heterocycles. The number of hydrogen-bond donors (Lipinski definition) is 0. The first-order valence-corrected chi connectivity index (χ1v) is 6.08. The van der Waals surface area contributed by atoms with Crippen molar-refractivity contribution in [3.05, 3.63) is 22.8 Å². The van der Waals surface area contributed by atoms with E-state index in [1.807, 2.05) is 18.3 Å². The average Bonchev–Trinajstić information content (AvgIpc) is 2.67. The summed E-state index contributed by atoms with van der Waals surface area (Å²) in [6.45, 7) is 1.08. The van der Waals surface area contributed by atoms with Gasteiger partial charge in [-0.25, -0.2) is 4.98 Å². The van der Waals surface area contributed by atoms with E-state index < -0.39 is 0 Å². The van der Waals surface area contributed by atoms with Gasteiger partial charge in [-0.2, -0.15) is 0 Å². The van der Waals surface area contributed by atoms with Crippen LogP contribution in [0.3, 0.4) is 0 Å². The molecular formula is C10H12BrClN2. The molecule has 1 aromatic rings. The molecule has 0 N–H and O–H groups in total. The molecule has 1 aliphatic rings. The second kappa shape index (κ2) is 4.49. The van der Waals surface area contributed by atoms with E-state index in [1.54, 1.807) is 0 Å². The van der Waals surface area contributed by atoms with E-state index in [1.165, 1.54) is 12.8 Å². The largest absolute Gasteiger partial charge is 0.352 e. The smallest absolute Gasteiger partial charge is 0.128 e. The van der Waals surface area contributed by atoms with E-state index in [9.17, 15) is 0 Å². The third kappa shape index (κ3) is 2.04. The molecule has 4 heteroatoms. The predicted octanol–water partition coefficient (Wildman–Crippen LogP) is 3.05. The maximum atomic E-state index is 5.91. The normalized spacial score (nSPS) is 21.6. The van der Waals surface area contributed by atoms with Crippen LogP contribution in [0.5, 0.6) is 0 Å². The molecule has 0 radical (unpaired) electrons. The maximum Gasteiger partial charge on any atom is 0.128 e. The highest BCUT2D eigenvalue weighted by Crippen LogP contribution is 2.25. The molecule has 1 unspecified atom stereocenters. The fourth-order valence-corrected chi connectivity index (χ4v) is 2.39. The Balaban J connectivity index is 2.17. The lowest BCUT2D eigenvalue weighted by molar-refractivity contribution is 0.733. The van der Waals surface area contributed by atoms with E-state index in [0.29, 0.717) is 11.9 Å². The van der Waals surface area contributed by atoms with Crippen LogP contribution in [0.25, 0.3) is 0 Å². The molecule has 14 heavy (non-hydrogen) atoms. The number of rotatable bonds is 2. The zero-order valence-electron chi connectivity index (χ0n) is 7.79. The molecule has 0 saturated carbocycles. The number of halogens is 2. The SMILES string of the molecule is ClCC1CCCN1c1ccc(Br)cn1. The van der Waals surface area contributed by atoms with Crippen LogP contribution < -0.4 is 4.90 Å². The molecular weight excluding hydrogens is 263 g/mol. The number of anilines is 1. The van der Waals surface area contributed by atoms with Gasteiger partial charge in [0, 0.05) is 29.1 Å². The van der Waals surface area contributed by atoms with Crippen LogP contribution in [-0.4, -0.2) is 23.5 Å². The first-order chi connectivity index (χ1) is 6.81. The van der Waals surface area contributed by atoms with Gasteiger partial charge in [0.25, 0.3) is 0 Å². The van der Waals surface area contributed by atoms with Crippen molar-refractivity contribution in [1.82, 2.24) is 4.98 Å². The molecule has 0 amide bonds. The highest BCUT2D eigenvalue weighted by atomic mass is 79.9. The predicted molar refractivity (Wildman–Crippen MR) is 63.0 cm³/mol. The molecule has 1 atom stereocenters. The third-order valence-electron chi connectivity index (χ3n) is 2.56. The van der Waals surface area contributed by atoms with E-state index in [2.05, 4.69) is 25.8 Å². The number of pyridine rings is 1. The molecule has 0 bridgehead atoms. The lowest BCUT2D eigenvalue weighted by atomic mass is 10.2. The zero-order valence-corrected chi connectivity index (χ0v) is 10.1. The van der Waals surface area contributed by atoms with Gasteiger partial charge in [0.05, 0.1) is 0 Å². The molecule has 2 nitrogen and oxygen atoms in total. The molecule has 0 spiro atoms. The van der Waals surface area contributed by atoms with Crippen LogP contribution in [-0.2, 0) is 0 Å². The van der Waals surface area contributed by atoms with Crippen molar-refractivity contribution in [2.24, 2.45) is 0 Å². The first kappa shape index (κ1) is 10.2. The molecule has 1 aromatic heterocycles. The van der Waals surface area contributed by atoms with Gasteiger partial charge in [-0.05, 0) is 40.9 Å². The van der Waals surface area contributed by atoms with E-state index >= 15 is 0 Å². The molecule has 1 aliphatic heterocycles. The Labute approximate surface area is 97.4 Å². The summed E-state index contributed by atoms with van der Waals surface area (Å²) in [5, 5.41) is 0. The first-order valence-electron chi connectivity index (χ1n) is 4.75. The number of alkyl halides is 1. The average molecular weight is 276 g/mol. The van der Waals surface area contributed by atoms with Gasteiger partial charge in [0.2, 0.25) is 0 Å². The van der Waals surface area contributed by atoms with Crippen LogP contribution in [0, 0.1) is 0 Å². The molecule has 2 heterocycles. The summed E-state index contributed by atoms with van der Waals surface area (Å²) in [6.07, 6.45) is 4.23. The minimum absolute atomic E-state index is 0.463. The quantitative estimate of drug-likeness (QED) is 0.771. The topological polar surface area (TPSA) is 16.1 Å². The van der Waals surface area contributed by atoms with Gasteiger partial charge in [0.15, 0.2) is 0 Å². The van der Waals surface area contributed by atoms with Crippen molar-refractivity contribution >= 4 is 33.3 Å². The monoisotopic (exact) mass is 274 g/mol. The van der Waals surface area contributed by atoms with Crippen molar-refractivity contribution in [2.45, 2.75) is 18.9 Å². The summed E-state index contributed by atoms with van der Waals surface area (Å²) in [4.78, 5) is 6.67. The second-order valence-electron chi connectivity index (χ2n) is 3.48. The minimum Gasteiger partial charge on any atom is -0.352 e. The Bertz CT molecular complexity index is 301. The number of aromatic nitrogens is 1. The molecule has 1 fully saturated rings. The molecule has 0 aliphatic carbocycles. The third-order valence-corrected chi connectivity index (χ3v) is 3.39.